The topological polar surface area (TPSA) is 92.6 Å². The molecule has 22 heavy (non-hydrogen) atoms. The van der Waals surface area contributed by atoms with Crippen LogP contribution in [0.2, 0.25) is 0 Å². The van der Waals surface area contributed by atoms with Crippen LogP contribution in [0.25, 0.3) is 0 Å². The van der Waals surface area contributed by atoms with E-state index < -0.39 is 31.3 Å². The maximum Gasteiger partial charge on any atom is 0.292 e. The fourth-order valence-electron chi connectivity index (χ4n) is 2.73. The van der Waals surface area contributed by atoms with Crippen LogP contribution >= 0.6 is 0 Å². The number of nitro groups is 1. The standard InChI is InChI=1S/C13H18FN3O4S/c1-2-16-8-4-5-10(16)9-15-22(20,21)13-11(14)6-3-7-12(13)17(18)19/h3,6-7,10,15H,2,4-5,8-9H2,1H3. The molecule has 0 amide bonds. The summed E-state index contributed by atoms with van der Waals surface area (Å²) < 4.78 is 40.6. The Morgan fingerprint density at radius 3 is 2.86 bits per heavy atom. The second-order valence-electron chi connectivity index (χ2n) is 5.12. The second-order valence-corrected chi connectivity index (χ2v) is 6.83. The molecule has 9 heteroatoms. The van der Waals surface area contributed by atoms with Crippen molar-refractivity contribution < 1.29 is 17.7 Å². The Labute approximate surface area is 128 Å². The zero-order valence-corrected chi connectivity index (χ0v) is 13.0. The first-order valence-electron chi connectivity index (χ1n) is 7.03. The van der Waals surface area contributed by atoms with Gasteiger partial charge < -0.3 is 0 Å². The summed E-state index contributed by atoms with van der Waals surface area (Å²) >= 11 is 0. The molecule has 1 heterocycles. The van der Waals surface area contributed by atoms with Gasteiger partial charge in [-0.3, -0.25) is 15.0 Å². The van der Waals surface area contributed by atoms with Crippen molar-refractivity contribution >= 4 is 15.7 Å². The number of likely N-dealkylation sites (tertiary alicyclic amines) is 1. The second kappa shape index (κ2) is 6.67. The summed E-state index contributed by atoms with van der Waals surface area (Å²) in [7, 11) is -4.28. The number of sulfonamides is 1. The minimum atomic E-state index is -4.28. The van der Waals surface area contributed by atoms with E-state index in [1.54, 1.807) is 0 Å². The van der Waals surface area contributed by atoms with Crippen molar-refractivity contribution in [2.75, 3.05) is 19.6 Å². The minimum absolute atomic E-state index is 0.0330. The van der Waals surface area contributed by atoms with Crippen molar-refractivity contribution in [3.05, 3.63) is 34.1 Å². The Morgan fingerprint density at radius 2 is 2.23 bits per heavy atom. The number of benzene rings is 1. The summed E-state index contributed by atoms with van der Waals surface area (Å²) in [6.45, 7) is 3.78. The molecule has 1 atom stereocenters. The Hall–Kier alpha value is -1.58. The Bertz CT molecular complexity index is 665. The molecule has 0 aliphatic carbocycles. The molecule has 1 N–H and O–H groups in total. The molecule has 0 spiro atoms. The molecule has 1 aromatic carbocycles. The van der Waals surface area contributed by atoms with Gasteiger partial charge in [0.05, 0.1) is 4.92 Å². The highest BCUT2D eigenvalue weighted by molar-refractivity contribution is 7.89. The zero-order chi connectivity index (χ0) is 16.3. The summed E-state index contributed by atoms with van der Waals surface area (Å²) in [5.74, 6) is -1.12. The van der Waals surface area contributed by atoms with Crippen LogP contribution in [0.4, 0.5) is 10.1 Å². The predicted molar refractivity (Wildman–Crippen MR) is 78.5 cm³/mol. The molecule has 0 aromatic heterocycles. The Kier molecular flexibility index (Phi) is 5.09. The van der Waals surface area contributed by atoms with E-state index in [0.717, 1.165) is 44.1 Å². The Morgan fingerprint density at radius 1 is 1.50 bits per heavy atom. The molecule has 0 radical (unpaired) electrons. The molecule has 0 saturated carbocycles. The van der Waals surface area contributed by atoms with Gasteiger partial charge in [-0.15, -0.1) is 0 Å². The van der Waals surface area contributed by atoms with Crippen LogP contribution in [-0.4, -0.2) is 43.9 Å². The molecule has 122 valence electrons. The van der Waals surface area contributed by atoms with Crippen LogP contribution in [-0.2, 0) is 10.0 Å². The molecular weight excluding hydrogens is 313 g/mol. The predicted octanol–water partition coefficient (Wildman–Crippen LogP) is 1.50. The van der Waals surface area contributed by atoms with Crippen LogP contribution in [0.5, 0.6) is 0 Å². The molecule has 0 bridgehead atoms. The first-order chi connectivity index (χ1) is 10.4. The molecule has 1 aromatic rings. The average molecular weight is 331 g/mol. The normalized spacial score (nSPS) is 19.5. The van der Waals surface area contributed by atoms with Gasteiger partial charge in [0.25, 0.3) is 5.69 Å². The first-order valence-corrected chi connectivity index (χ1v) is 8.51. The summed E-state index contributed by atoms with van der Waals surface area (Å²) in [5.41, 5.74) is -0.758. The highest BCUT2D eigenvalue weighted by Crippen LogP contribution is 2.26. The van der Waals surface area contributed by atoms with Gasteiger partial charge in [-0.05, 0) is 32.0 Å². The van der Waals surface area contributed by atoms with E-state index in [2.05, 4.69) is 9.62 Å². The van der Waals surface area contributed by atoms with E-state index in [1.807, 2.05) is 6.92 Å². The zero-order valence-electron chi connectivity index (χ0n) is 12.2. The molecule has 1 saturated heterocycles. The number of nitrogens with zero attached hydrogens (tertiary/aromatic N) is 2. The van der Waals surface area contributed by atoms with Crippen LogP contribution in [0.3, 0.4) is 0 Å². The van der Waals surface area contributed by atoms with Gasteiger partial charge in [0, 0.05) is 18.7 Å². The van der Waals surface area contributed by atoms with Crippen molar-refractivity contribution in [3.63, 3.8) is 0 Å². The smallest absolute Gasteiger partial charge is 0.292 e. The molecular formula is C13H18FN3O4S. The SMILES string of the molecule is CCN1CCCC1CNS(=O)(=O)c1c(F)cccc1[N+](=O)[O-]. The number of likely N-dealkylation sites (N-methyl/N-ethyl adjacent to an activating group) is 1. The van der Waals surface area contributed by atoms with Gasteiger partial charge in [0.1, 0.15) is 5.82 Å². The third-order valence-electron chi connectivity index (χ3n) is 3.83. The lowest BCUT2D eigenvalue weighted by Gasteiger charge is -2.22. The lowest BCUT2D eigenvalue weighted by atomic mass is 10.2. The number of hydrogen-bond donors (Lipinski definition) is 1. The van der Waals surface area contributed by atoms with Crippen molar-refractivity contribution in [1.29, 1.82) is 0 Å². The van der Waals surface area contributed by atoms with Gasteiger partial charge >= 0.3 is 0 Å². The highest BCUT2D eigenvalue weighted by atomic mass is 32.2. The van der Waals surface area contributed by atoms with E-state index in [9.17, 15) is 22.9 Å². The van der Waals surface area contributed by atoms with Gasteiger partial charge in [-0.1, -0.05) is 13.0 Å². The molecule has 1 aliphatic rings. The summed E-state index contributed by atoms with van der Waals surface area (Å²) in [6, 6.07) is 3.02. The summed E-state index contributed by atoms with van der Waals surface area (Å²) in [6.07, 6.45) is 1.82. The summed E-state index contributed by atoms with van der Waals surface area (Å²) in [5, 5.41) is 10.9. The number of nitro benzene ring substituents is 1. The molecule has 2 rings (SSSR count). The first kappa shape index (κ1) is 16.8. The maximum absolute atomic E-state index is 13.8. The molecule has 1 unspecified atom stereocenters. The molecule has 1 aliphatic heterocycles. The lowest BCUT2D eigenvalue weighted by Crippen LogP contribution is -2.40. The van der Waals surface area contributed by atoms with Crippen molar-refractivity contribution in [3.8, 4) is 0 Å². The van der Waals surface area contributed by atoms with Crippen molar-refractivity contribution in [2.24, 2.45) is 0 Å². The van der Waals surface area contributed by atoms with Gasteiger partial charge in [-0.25, -0.2) is 17.5 Å². The number of rotatable bonds is 6. The number of halogens is 1. The van der Waals surface area contributed by atoms with E-state index >= 15 is 0 Å². The van der Waals surface area contributed by atoms with E-state index in [4.69, 9.17) is 0 Å². The van der Waals surface area contributed by atoms with Gasteiger partial charge in [-0.2, -0.15) is 0 Å². The fraction of sp³-hybridized carbons (Fsp3) is 0.538. The third kappa shape index (κ3) is 3.42. The van der Waals surface area contributed by atoms with Gasteiger partial charge in [0.2, 0.25) is 10.0 Å². The molecule has 1 fully saturated rings. The van der Waals surface area contributed by atoms with Crippen molar-refractivity contribution in [1.82, 2.24) is 9.62 Å². The monoisotopic (exact) mass is 331 g/mol. The summed E-state index contributed by atoms with van der Waals surface area (Å²) in [4.78, 5) is 11.2. The van der Waals surface area contributed by atoms with Crippen LogP contribution < -0.4 is 4.72 Å². The number of nitrogens with one attached hydrogen (secondary N) is 1. The number of hydrogen-bond acceptors (Lipinski definition) is 5. The Balaban J connectivity index is 2.22. The van der Waals surface area contributed by atoms with Gasteiger partial charge in [0.15, 0.2) is 4.90 Å². The minimum Gasteiger partial charge on any atom is -0.299 e. The highest BCUT2D eigenvalue weighted by Gasteiger charge is 2.31. The molecule has 7 nitrogen and oxygen atoms in total. The quantitative estimate of drug-likeness (QED) is 0.630. The van der Waals surface area contributed by atoms with E-state index in [0.29, 0.717) is 0 Å². The largest absolute Gasteiger partial charge is 0.299 e. The maximum atomic E-state index is 13.8. The van der Waals surface area contributed by atoms with Crippen LogP contribution in [0.1, 0.15) is 19.8 Å². The van der Waals surface area contributed by atoms with E-state index in [1.165, 1.54) is 0 Å². The average Bonchev–Trinajstić information content (AvgIpc) is 2.92. The van der Waals surface area contributed by atoms with Crippen LogP contribution in [0.15, 0.2) is 23.1 Å². The van der Waals surface area contributed by atoms with Crippen LogP contribution in [0, 0.1) is 15.9 Å². The van der Waals surface area contributed by atoms with E-state index in [-0.39, 0.29) is 12.6 Å². The third-order valence-corrected chi connectivity index (χ3v) is 5.31. The lowest BCUT2D eigenvalue weighted by molar-refractivity contribution is -0.388. The fourth-order valence-corrected chi connectivity index (χ4v) is 4.03. The van der Waals surface area contributed by atoms with Crippen molar-refractivity contribution in [2.45, 2.75) is 30.7 Å².